The number of hydrogen-bond donors (Lipinski definition) is 5. The summed E-state index contributed by atoms with van der Waals surface area (Å²) < 4.78 is 15.5. The molecule has 28 heavy (non-hydrogen) atoms. The Labute approximate surface area is 167 Å². The number of benzene rings is 2. The maximum absolute atomic E-state index is 12.4. The molecule has 0 bridgehead atoms. The molecule has 7 nitrogen and oxygen atoms in total. The molecule has 3 aromatic rings. The second-order valence-corrected chi connectivity index (χ2v) is 7.57. The van der Waals surface area contributed by atoms with Gasteiger partial charge in [-0.3, -0.25) is 0 Å². The van der Waals surface area contributed by atoms with Crippen LogP contribution in [0.5, 0.6) is 0 Å². The number of hydrogen-bond acceptors (Lipinski definition) is 7. The van der Waals surface area contributed by atoms with Gasteiger partial charge in [-0.15, -0.1) is 4.72 Å². The van der Waals surface area contributed by atoms with Crippen LogP contribution in [0.1, 0.15) is 23.5 Å². The molecule has 0 fully saturated rings. The van der Waals surface area contributed by atoms with Crippen molar-refractivity contribution >= 4 is 28.7 Å². The lowest BCUT2D eigenvalue weighted by Crippen LogP contribution is -2.26. The lowest BCUT2D eigenvalue weighted by molar-refractivity contribution is 0.574. The third-order valence-electron chi connectivity index (χ3n) is 4.45. The van der Waals surface area contributed by atoms with Crippen LogP contribution in [0.2, 0.25) is 0 Å². The van der Waals surface area contributed by atoms with Crippen LogP contribution in [0.25, 0.3) is 0 Å². The van der Waals surface area contributed by atoms with E-state index in [1.807, 2.05) is 60.7 Å². The molecule has 3 rings (SSSR count). The molecule has 0 saturated heterocycles. The molecule has 0 aliphatic carbocycles. The summed E-state index contributed by atoms with van der Waals surface area (Å²) in [5.74, 6) is 6.15. The smallest absolute Gasteiger partial charge is 0.173 e. The minimum Gasteiger partial charge on any atom is -0.593 e. The fourth-order valence-electron chi connectivity index (χ4n) is 3.10. The van der Waals surface area contributed by atoms with E-state index < -0.39 is 11.4 Å². The quantitative estimate of drug-likeness (QED) is 0.224. The topological polar surface area (TPSA) is 138 Å². The Bertz CT molecular complexity index is 894. The first-order chi connectivity index (χ1) is 13.6. The van der Waals surface area contributed by atoms with E-state index in [9.17, 15) is 4.55 Å². The second kappa shape index (κ2) is 9.43. The summed E-state index contributed by atoms with van der Waals surface area (Å²) in [5, 5.41) is 0. The Morgan fingerprint density at radius 3 is 2.29 bits per heavy atom. The Morgan fingerprint density at radius 2 is 1.64 bits per heavy atom. The van der Waals surface area contributed by atoms with E-state index in [1.165, 1.54) is 0 Å². The average Bonchev–Trinajstić information content (AvgIpc) is 2.74. The zero-order chi connectivity index (χ0) is 19.9. The van der Waals surface area contributed by atoms with Crippen LogP contribution < -0.4 is 27.5 Å². The first-order valence-corrected chi connectivity index (χ1v) is 10.0. The monoisotopic (exact) mass is 396 g/mol. The summed E-state index contributed by atoms with van der Waals surface area (Å²) in [7, 11) is 0. The van der Waals surface area contributed by atoms with Crippen molar-refractivity contribution < 1.29 is 4.55 Å². The fourth-order valence-corrected chi connectivity index (χ4v) is 3.98. The minimum absolute atomic E-state index is 0.0566. The maximum Gasteiger partial charge on any atom is 0.173 e. The molecule has 1 heterocycles. The zero-order valence-electron chi connectivity index (χ0n) is 15.3. The van der Waals surface area contributed by atoms with E-state index in [0.29, 0.717) is 30.3 Å². The number of nitrogen functional groups attached to an aromatic ring is 3. The third-order valence-corrected chi connectivity index (χ3v) is 5.61. The van der Waals surface area contributed by atoms with E-state index in [-0.39, 0.29) is 5.92 Å². The SMILES string of the molecule is NNc1nc(N)cc(C(CCN[S+]([O-])c2ccccc2)c2ccccc2)c1N. The number of nitrogens with one attached hydrogen (secondary N) is 2. The Balaban J connectivity index is 1.82. The second-order valence-electron chi connectivity index (χ2n) is 6.27. The van der Waals surface area contributed by atoms with Gasteiger partial charge in [-0.2, -0.15) is 0 Å². The van der Waals surface area contributed by atoms with Crippen LogP contribution in [0.4, 0.5) is 17.3 Å². The summed E-state index contributed by atoms with van der Waals surface area (Å²) >= 11 is -1.28. The standard InChI is InChI=1S/C20H24N6OS/c21-18-13-17(19(22)20(25-18)26-23)16(14-7-3-1-4-8-14)11-12-24-28(27)15-9-5-2-6-10-15/h1-10,13,16,24H,11-12,22-23H2,(H3,21,25,26). The Hall–Kier alpha value is -2.78. The van der Waals surface area contributed by atoms with Gasteiger partial charge in [0.2, 0.25) is 0 Å². The number of nitrogens with two attached hydrogens (primary N) is 3. The molecule has 0 spiro atoms. The number of rotatable bonds is 8. The van der Waals surface area contributed by atoms with E-state index in [2.05, 4.69) is 15.1 Å². The largest absolute Gasteiger partial charge is 0.593 e. The van der Waals surface area contributed by atoms with Crippen molar-refractivity contribution in [3.05, 3.63) is 77.9 Å². The van der Waals surface area contributed by atoms with Crippen LogP contribution in [0.15, 0.2) is 71.6 Å². The molecule has 2 aromatic carbocycles. The van der Waals surface area contributed by atoms with Gasteiger partial charge in [-0.25, -0.2) is 10.8 Å². The predicted octanol–water partition coefficient (Wildman–Crippen LogP) is 2.37. The third kappa shape index (κ3) is 4.73. The predicted molar refractivity (Wildman–Crippen MR) is 115 cm³/mol. The molecular weight excluding hydrogens is 372 g/mol. The van der Waals surface area contributed by atoms with Crippen LogP contribution in [0.3, 0.4) is 0 Å². The molecule has 0 amide bonds. The van der Waals surface area contributed by atoms with Crippen LogP contribution >= 0.6 is 0 Å². The first-order valence-electron chi connectivity index (χ1n) is 8.88. The number of pyridine rings is 1. The molecule has 0 saturated carbocycles. The number of nitrogens with zero attached hydrogens (tertiary/aromatic N) is 1. The summed E-state index contributed by atoms with van der Waals surface area (Å²) in [6.45, 7) is 0.522. The highest BCUT2D eigenvalue weighted by atomic mass is 32.2. The molecule has 0 aliphatic rings. The minimum atomic E-state index is -1.28. The summed E-state index contributed by atoms with van der Waals surface area (Å²) in [6.07, 6.45) is 0.667. The van der Waals surface area contributed by atoms with Crippen molar-refractivity contribution in [1.82, 2.24) is 9.71 Å². The molecular formula is C20H24N6OS. The lowest BCUT2D eigenvalue weighted by Gasteiger charge is -2.22. The number of hydrazine groups is 1. The van der Waals surface area contributed by atoms with Gasteiger partial charge in [0.25, 0.3) is 0 Å². The highest BCUT2D eigenvalue weighted by molar-refractivity contribution is 7.89. The molecule has 1 aromatic heterocycles. The fraction of sp³-hybridized carbons (Fsp3) is 0.150. The van der Waals surface area contributed by atoms with E-state index in [1.54, 1.807) is 6.07 Å². The van der Waals surface area contributed by atoms with Crippen LogP contribution in [0, 0.1) is 0 Å². The molecule has 0 aliphatic heterocycles. The van der Waals surface area contributed by atoms with Gasteiger partial charge in [-0.1, -0.05) is 48.5 Å². The number of aromatic nitrogens is 1. The first kappa shape index (κ1) is 20.0. The Kier molecular flexibility index (Phi) is 6.72. The highest BCUT2D eigenvalue weighted by Gasteiger charge is 2.21. The maximum atomic E-state index is 12.4. The molecule has 2 unspecified atom stereocenters. The van der Waals surface area contributed by atoms with E-state index in [0.717, 1.165) is 16.0 Å². The van der Waals surface area contributed by atoms with Gasteiger partial charge in [0.05, 0.1) is 17.0 Å². The van der Waals surface area contributed by atoms with Gasteiger partial charge < -0.3 is 21.4 Å². The Morgan fingerprint density at radius 1 is 1.00 bits per heavy atom. The van der Waals surface area contributed by atoms with Crippen molar-refractivity contribution in [1.29, 1.82) is 0 Å². The van der Waals surface area contributed by atoms with Gasteiger partial charge in [0.1, 0.15) is 5.82 Å². The lowest BCUT2D eigenvalue weighted by atomic mass is 9.88. The van der Waals surface area contributed by atoms with Gasteiger partial charge in [0.15, 0.2) is 10.7 Å². The van der Waals surface area contributed by atoms with Crippen molar-refractivity contribution in [2.45, 2.75) is 17.2 Å². The van der Waals surface area contributed by atoms with Crippen molar-refractivity contribution in [2.24, 2.45) is 5.84 Å². The normalized spacial score (nSPS) is 13.1. The van der Waals surface area contributed by atoms with Crippen molar-refractivity contribution in [3.8, 4) is 0 Å². The van der Waals surface area contributed by atoms with Crippen molar-refractivity contribution in [2.75, 3.05) is 23.4 Å². The van der Waals surface area contributed by atoms with E-state index in [4.69, 9.17) is 17.3 Å². The molecule has 0 radical (unpaired) electrons. The van der Waals surface area contributed by atoms with Gasteiger partial charge >= 0.3 is 0 Å². The highest BCUT2D eigenvalue weighted by Crippen LogP contribution is 2.35. The van der Waals surface area contributed by atoms with Gasteiger partial charge in [0, 0.05) is 12.5 Å². The van der Waals surface area contributed by atoms with E-state index >= 15 is 0 Å². The summed E-state index contributed by atoms with van der Waals surface area (Å²) in [6, 6.07) is 21.0. The van der Waals surface area contributed by atoms with Crippen LogP contribution in [-0.4, -0.2) is 16.1 Å². The molecule has 2 atom stereocenters. The van der Waals surface area contributed by atoms with Crippen molar-refractivity contribution in [3.63, 3.8) is 0 Å². The van der Waals surface area contributed by atoms with Crippen LogP contribution in [-0.2, 0) is 11.4 Å². The molecule has 8 heteroatoms. The number of anilines is 3. The zero-order valence-corrected chi connectivity index (χ0v) is 16.2. The summed E-state index contributed by atoms with van der Waals surface area (Å²) in [5.41, 5.74) is 17.1. The van der Waals surface area contributed by atoms with Gasteiger partial charge in [-0.05, 0) is 35.7 Å². The summed E-state index contributed by atoms with van der Waals surface area (Å²) in [4.78, 5) is 4.87. The molecule has 146 valence electrons. The molecule has 8 N–H and O–H groups in total. The average molecular weight is 397 g/mol.